The molecular weight excluding hydrogens is 242 g/mol. The number of nitrogens with zero attached hydrogens (tertiary/aromatic N) is 2. The van der Waals surface area contributed by atoms with Crippen molar-refractivity contribution in [2.45, 2.75) is 13.3 Å². The van der Waals surface area contributed by atoms with Crippen molar-refractivity contribution >= 4 is 21.7 Å². The Hall–Kier alpha value is -1.41. The molecule has 1 aromatic rings. The van der Waals surface area contributed by atoms with Crippen LogP contribution in [0.1, 0.15) is 12.7 Å². The van der Waals surface area contributed by atoms with Gasteiger partial charge >= 0.3 is 0 Å². The van der Waals surface area contributed by atoms with Crippen LogP contribution in [0.15, 0.2) is 6.07 Å². The van der Waals surface area contributed by atoms with Crippen LogP contribution in [0.3, 0.4) is 0 Å². The Kier molecular flexibility index (Phi) is 4.64. The van der Waals surface area contributed by atoms with Gasteiger partial charge in [0.15, 0.2) is 0 Å². The zero-order chi connectivity index (χ0) is 12.9. The summed E-state index contributed by atoms with van der Waals surface area (Å²) in [6.07, 6.45) is 0.708. The van der Waals surface area contributed by atoms with Crippen LogP contribution in [0.2, 0.25) is 0 Å². The first-order valence-corrected chi connectivity index (χ1v) is 6.96. The molecule has 0 aliphatic rings. The third kappa shape index (κ3) is 4.96. The molecule has 0 amide bonds. The highest BCUT2D eigenvalue weighted by Crippen LogP contribution is 2.10. The third-order valence-electron chi connectivity index (χ3n) is 2.04. The maximum Gasteiger partial charge on any atom is 0.210 e. The van der Waals surface area contributed by atoms with Gasteiger partial charge in [-0.3, -0.25) is 0 Å². The van der Waals surface area contributed by atoms with Crippen molar-refractivity contribution in [2.75, 3.05) is 30.0 Å². The quantitative estimate of drug-likeness (QED) is 0.651. The lowest BCUT2D eigenvalue weighted by Crippen LogP contribution is -2.22. The average molecular weight is 259 g/mol. The Labute approximate surface area is 101 Å². The normalized spacial score (nSPS) is 11.2. The van der Waals surface area contributed by atoms with Gasteiger partial charge in [-0.1, -0.05) is 6.92 Å². The summed E-state index contributed by atoms with van der Waals surface area (Å²) in [5.41, 5.74) is 0. The standard InChI is InChI=1S/C9H17N5O2S/c1-3-7-13-8(11-2)6-9(14-7)12-4-5-17(10,15)16/h6H,3-5H2,1-2H3,(H2,10,15,16)(H2,11,12,13,14). The summed E-state index contributed by atoms with van der Waals surface area (Å²) in [6, 6.07) is 1.71. The molecule has 0 fully saturated rings. The summed E-state index contributed by atoms with van der Waals surface area (Å²) < 4.78 is 21.5. The number of primary sulfonamides is 1. The molecule has 0 saturated heterocycles. The van der Waals surface area contributed by atoms with Crippen molar-refractivity contribution in [1.82, 2.24) is 9.97 Å². The van der Waals surface area contributed by atoms with E-state index >= 15 is 0 Å². The van der Waals surface area contributed by atoms with Crippen LogP contribution in [0.5, 0.6) is 0 Å². The minimum absolute atomic E-state index is 0.132. The summed E-state index contributed by atoms with van der Waals surface area (Å²) in [6.45, 7) is 2.17. The van der Waals surface area contributed by atoms with E-state index in [0.29, 0.717) is 23.9 Å². The fraction of sp³-hybridized carbons (Fsp3) is 0.556. The lowest BCUT2D eigenvalue weighted by atomic mass is 10.4. The molecule has 17 heavy (non-hydrogen) atoms. The summed E-state index contributed by atoms with van der Waals surface area (Å²) >= 11 is 0. The number of aryl methyl sites for hydroxylation is 1. The van der Waals surface area contributed by atoms with Crippen molar-refractivity contribution in [2.24, 2.45) is 5.14 Å². The Bertz CT molecular complexity index is 452. The monoisotopic (exact) mass is 259 g/mol. The van der Waals surface area contributed by atoms with Gasteiger partial charge in [-0.2, -0.15) is 0 Å². The molecule has 8 heteroatoms. The molecule has 1 aromatic heterocycles. The smallest absolute Gasteiger partial charge is 0.210 e. The third-order valence-corrected chi connectivity index (χ3v) is 2.81. The molecule has 0 aliphatic carbocycles. The molecule has 1 heterocycles. The van der Waals surface area contributed by atoms with E-state index in [0.717, 1.165) is 0 Å². The molecule has 4 N–H and O–H groups in total. The fourth-order valence-electron chi connectivity index (χ4n) is 1.20. The largest absolute Gasteiger partial charge is 0.373 e. The van der Waals surface area contributed by atoms with Gasteiger partial charge in [0.2, 0.25) is 10.0 Å². The number of hydrogen-bond acceptors (Lipinski definition) is 6. The van der Waals surface area contributed by atoms with Gasteiger partial charge in [0.25, 0.3) is 0 Å². The van der Waals surface area contributed by atoms with Gasteiger partial charge in [-0.25, -0.2) is 23.5 Å². The molecular formula is C9H17N5O2S. The van der Waals surface area contributed by atoms with Crippen LogP contribution in [-0.4, -0.2) is 37.7 Å². The zero-order valence-corrected chi connectivity index (χ0v) is 10.7. The second-order valence-corrected chi connectivity index (χ2v) is 5.19. The zero-order valence-electron chi connectivity index (χ0n) is 9.90. The fourth-order valence-corrected chi connectivity index (χ4v) is 1.58. The topological polar surface area (TPSA) is 110 Å². The number of nitrogens with two attached hydrogens (primary N) is 1. The van der Waals surface area contributed by atoms with Gasteiger partial charge in [0.05, 0.1) is 5.75 Å². The number of rotatable bonds is 6. The van der Waals surface area contributed by atoms with Gasteiger partial charge in [0.1, 0.15) is 17.5 Å². The van der Waals surface area contributed by atoms with Crippen LogP contribution in [-0.2, 0) is 16.4 Å². The molecule has 0 aliphatic heterocycles. The Morgan fingerprint density at radius 3 is 2.53 bits per heavy atom. The van der Waals surface area contributed by atoms with Crippen molar-refractivity contribution in [3.8, 4) is 0 Å². The SMILES string of the molecule is CCc1nc(NC)cc(NCCS(N)(=O)=O)n1. The summed E-state index contributed by atoms with van der Waals surface area (Å²) in [7, 11) is -1.69. The number of hydrogen-bond donors (Lipinski definition) is 3. The highest BCUT2D eigenvalue weighted by molar-refractivity contribution is 7.89. The maximum atomic E-state index is 10.8. The molecule has 0 atom stereocenters. The minimum atomic E-state index is -3.45. The van der Waals surface area contributed by atoms with Crippen LogP contribution in [0, 0.1) is 0 Å². The first-order chi connectivity index (χ1) is 7.94. The number of anilines is 2. The van der Waals surface area contributed by atoms with E-state index in [4.69, 9.17) is 5.14 Å². The molecule has 96 valence electrons. The van der Waals surface area contributed by atoms with E-state index in [9.17, 15) is 8.42 Å². The van der Waals surface area contributed by atoms with Crippen LogP contribution in [0.4, 0.5) is 11.6 Å². The molecule has 0 unspecified atom stereocenters. The molecule has 0 saturated carbocycles. The molecule has 0 spiro atoms. The van der Waals surface area contributed by atoms with Crippen molar-refractivity contribution in [3.05, 3.63) is 11.9 Å². The summed E-state index contributed by atoms with van der Waals surface area (Å²) in [5.74, 6) is 1.84. The molecule has 0 aromatic carbocycles. The second-order valence-electron chi connectivity index (χ2n) is 3.45. The summed E-state index contributed by atoms with van der Waals surface area (Å²) in [4.78, 5) is 8.44. The van der Waals surface area contributed by atoms with E-state index in [1.54, 1.807) is 13.1 Å². The van der Waals surface area contributed by atoms with E-state index in [2.05, 4.69) is 20.6 Å². The van der Waals surface area contributed by atoms with E-state index in [1.807, 2.05) is 6.92 Å². The number of sulfonamides is 1. The lowest BCUT2D eigenvalue weighted by molar-refractivity contribution is 0.598. The maximum absolute atomic E-state index is 10.8. The molecule has 0 radical (unpaired) electrons. The van der Waals surface area contributed by atoms with Crippen LogP contribution < -0.4 is 15.8 Å². The number of nitrogens with one attached hydrogen (secondary N) is 2. The first kappa shape index (κ1) is 13.7. The lowest BCUT2D eigenvalue weighted by Gasteiger charge is -2.08. The van der Waals surface area contributed by atoms with E-state index in [1.165, 1.54) is 0 Å². The predicted octanol–water partition coefficient (Wildman–Crippen LogP) is -0.219. The predicted molar refractivity (Wildman–Crippen MR) is 67.4 cm³/mol. The van der Waals surface area contributed by atoms with Crippen molar-refractivity contribution in [1.29, 1.82) is 0 Å². The van der Waals surface area contributed by atoms with Crippen molar-refractivity contribution < 1.29 is 8.42 Å². The minimum Gasteiger partial charge on any atom is -0.373 e. The Morgan fingerprint density at radius 2 is 2.00 bits per heavy atom. The van der Waals surface area contributed by atoms with E-state index < -0.39 is 10.0 Å². The molecule has 0 bridgehead atoms. The van der Waals surface area contributed by atoms with Crippen LogP contribution >= 0.6 is 0 Å². The summed E-state index contributed by atoms with van der Waals surface area (Å²) in [5, 5.41) is 10.7. The highest BCUT2D eigenvalue weighted by atomic mass is 32.2. The number of aromatic nitrogens is 2. The molecule has 1 rings (SSSR count). The van der Waals surface area contributed by atoms with Crippen LogP contribution in [0.25, 0.3) is 0 Å². The first-order valence-electron chi connectivity index (χ1n) is 5.24. The van der Waals surface area contributed by atoms with Gasteiger partial charge in [0, 0.05) is 26.1 Å². The highest BCUT2D eigenvalue weighted by Gasteiger charge is 2.05. The second kappa shape index (κ2) is 5.78. The Morgan fingerprint density at radius 1 is 1.35 bits per heavy atom. The molecule has 7 nitrogen and oxygen atoms in total. The van der Waals surface area contributed by atoms with Gasteiger partial charge in [-0.15, -0.1) is 0 Å². The van der Waals surface area contributed by atoms with Gasteiger partial charge in [-0.05, 0) is 0 Å². The van der Waals surface area contributed by atoms with E-state index in [-0.39, 0.29) is 12.3 Å². The Balaban J connectivity index is 2.70. The average Bonchev–Trinajstić information content (AvgIpc) is 2.26. The van der Waals surface area contributed by atoms with Crippen molar-refractivity contribution in [3.63, 3.8) is 0 Å². The van der Waals surface area contributed by atoms with Gasteiger partial charge < -0.3 is 10.6 Å².